The predicted octanol–water partition coefficient (Wildman–Crippen LogP) is 2.24. The van der Waals surface area contributed by atoms with Gasteiger partial charge in [-0.3, -0.25) is 12.7 Å². The molecule has 0 spiro atoms. The van der Waals surface area contributed by atoms with Crippen molar-refractivity contribution in [3.05, 3.63) is 24.3 Å². The first-order valence-corrected chi connectivity index (χ1v) is 4.84. The Morgan fingerprint density at radius 2 is 1.92 bits per heavy atom. The lowest BCUT2D eigenvalue weighted by atomic mass is 9.66. The van der Waals surface area contributed by atoms with E-state index in [1.165, 1.54) is 24.6 Å². The fourth-order valence-corrected chi connectivity index (χ4v) is 1.21. The quantitative estimate of drug-likeness (QED) is 0.492. The van der Waals surface area contributed by atoms with Crippen molar-refractivity contribution >= 4 is 12.7 Å². The third-order valence-electron chi connectivity index (χ3n) is 2.05. The van der Waals surface area contributed by atoms with Gasteiger partial charge >= 0.3 is 0 Å². The maximum atomic E-state index is 5.08. The number of unbranched alkanes of at least 4 members (excludes halogenated alkanes) is 1. The molecule has 1 aromatic carbocycles. The number of hydrogen-bond donors (Lipinski definition) is 0. The van der Waals surface area contributed by atoms with E-state index in [0.29, 0.717) is 0 Å². The fraction of sp³-hybridized carbons (Fsp3) is 0.455. The van der Waals surface area contributed by atoms with Gasteiger partial charge in [0.1, 0.15) is 5.75 Å². The van der Waals surface area contributed by atoms with Crippen molar-refractivity contribution in [2.24, 2.45) is 0 Å². The fourth-order valence-electron chi connectivity index (χ4n) is 1.21. The Hall–Kier alpha value is -0.915. The minimum Gasteiger partial charge on any atom is -0.497 e. The Bertz CT molecular complexity index is 230. The van der Waals surface area contributed by atoms with Gasteiger partial charge in [0.05, 0.1) is 7.11 Å². The minimum atomic E-state index is 0.924. The Balaban J connectivity index is 2.40. The molecule has 0 bridgehead atoms. The molecule has 0 saturated carbocycles. The first-order valence-electron chi connectivity index (χ1n) is 4.84. The van der Waals surface area contributed by atoms with Crippen LogP contribution in [0.1, 0.15) is 19.8 Å². The number of rotatable bonds is 5. The summed E-state index contributed by atoms with van der Waals surface area (Å²) in [5.74, 6) is 0.924. The molecule has 0 N–H and O–H groups in total. The highest BCUT2D eigenvalue weighted by molar-refractivity contribution is 6.53. The molecule has 1 aromatic rings. The highest BCUT2D eigenvalue weighted by Gasteiger charge is 1.84. The Morgan fingerprint density at radius 1 is 1.23 bits per heavy atom. The molecule has 0 aliphatic rings. The lowest BCUT2D eigenvalue weighted by molar-refractivity contribution is 0.415. The lowest BCUT2D eigenvalue weighted by Gasteiger charge is -2.15. The van der Waals surface area contributed by atoms with Crippen molar-refractivity contribution in [3.63, 3.8) is 0 Å². The highest BCUT2D eigenvalue weighted by atomic mass is 16.5. The second-order valence-electron chi connectivity index (χ2n) is 3.12. The van der Waals surface area contributed by atoms with Crippen LogP contribution < -0.4 is 10.2 Å². The summed E-state index contributed by atoms with van der Waals surface area (Å²) in [6.45, 7) is 2.21. The van der Waals surface area contributed by atoms with Crippen LogP contribution in [0.15, 0.2) is 24.3 Å². The van der Waals surface area contributed by atoms with Crippen LogP contribution in [-0.2, 0) is 0 Å². The zero-order valence-corrected chi connectivity index (χ0v) is 8.42. The van der Waals surface area contributed by atoms with Gasteiger partial charge in [0.25, 0.3) is 0 Å². The highest BCUT2D eigenvalue weighted by Crippen LogP contribution is 2.05. The van der Waals surface area contributed by atoms with Crippen molar-refractivity contribution in [2.75, 3.05) is 7.11 Å². The van der Waals surface area contributed by atoms with Gasteiger partial charge in [-0.1, -0.05) is 31.9 Å². The molecular weight excluding hydrogens is 159 g/mol. The molecule has 0 aliphatic heterocycles. The minimum absolute atomic E-state index is 0.924. The molecule has 1 nitrogen and oxygen atoms in total. The molecule has 0 heterocycles. The van der Waals surface area contributed by atoms with Crippen LogP contribution in [0.25, 0.3) is 0 Å². The standard InChI is InChI=1S/C11H16BO/c1-3-4-9-12-10-5-7-11(13-2)8-6-10/h5-8H,3-4,9H2,1-2H3/q-1. The smallest absolute Gasteiger partial charge is 0.118 e. The van der Waals surface area contributed by atoms with Crippen molar-refractivity contribution in [2.45, 2.75) is 26.1 Å². The van der Waals surface area contributed by atoms with E-state index in [-0.39, 0.29) is 0 Å². The van der Waals surface area contributed by atoms with E-state index >= 15 is 0 Å². The van der Waals surface area contributed by atoms with Crippen LogP contribution in [-0.4, -0.2) is 14.4 Å². The molecule has 1 rings (SSSR count). The topological polar surface area (TPSA) is 9.23 Å². The summed E-state index contributed by atoms with van der Waals surface area (Å²) in [6, 6.07) is 8.18. The van der Waals surface area contributed by atoms with Gasteiger partial charge in [0.2, 0.25) is 0 Å². The molecule has 2 heteroatoms. The predicted molar refractivity (Wildman–Crippen MR) is 58.1 cm³/mol. The molecule has 70 valence electrons. The second kappa shape index (κ2) is 5.68. The Morgan fingerprint density at radius 3 is 2.46 bits per heavy atom. The van der Waals surface area contributed by atoms with Crippen molar-refractivity contribution < 1.29 is 4.74 Å². The molecule has 0 aromatic heterocycles. The molecule has 13 heavy (non-hydrogen) atoms. The van der Waals surface area contributed by atoms with Crippen molar-refractivity contribution in [3.8, 4) is 5.75 Å². The molecule has 0 saturated heterocycles. The summed E-state index contributed by atoms with van der Waals surface area (Å²) < 4.78 is 5.08. The zero-order valence-electron chi connectivity index (χ0n) is 8.42. The van der Waals surface area contributed by atoms with E-state index in [2.05, 4.69) is 26.3 Å². The van der Waals surface area contributed by atoms with Gasteiger partial charge in [-0.05, 0) is 12.1 Å². The summed E-state index contributed by atoms with van der Waals surface area (Å²) in [4.78, 5) is 0. The Labute approximate surface area is 81.4 Å². The molecule has 0 atom stereocenters. The van der Waals surface area contributed by atoms with Crippen LogP contribution in [0.3, 0.4) is 0 Å². The number of methoxy groups -OCH3 is 1. The van der Waals surface area contributed by atoms with Crippen LogP contribution in [0.4, 0.5) is 0 Å². The van der Waals surface area contributed by atoms with E-state index in [1.807, 2.05) is 12.1 Å². The van der Waals surface area contributed by atoms with Gasteiger partial charge in [-0.15, -0.1) is 0 Å². The van der Waals surface area contributed by atoms with Gasteiger partial charge < -0.3 is 4.74 Å². The van der Waals surface area contributed by atoms with Gasteiger partial charge in [0, 0.05) is 0 Å². The summed E-state index contributed by atoms with van der Waals surface area (Å²) in [5, 5.41) is 0. The summed E-state index contributed by atoms with van der Waals surface area (Å²) in [5.41, 5.74) is 1.29. The Kier molecular flexibility index (Phi) is 4.44. The lowest BCUT2D eigenvalue weighted by Crippen LogP contribution is -2.12. The largest absolute Gasteiger partial charge is 0.497 e. The number of hydrogen-bond acceptors (Lipinski definition) is 1. The summed E-state index contributed by atoms with van der Waals surface area (Å²) >= 11 is 0. The maximum absolute atomic E-state index is 5.08. The van der Waals surface area contributed by atoms with Crippen molar-refractivity contribution in [1.82, 2.24) is 0 Å². The summed E-state index contributed by atoms with van der Waals surface area (Å²) in [7, 11) is 3.96. The molecule has 0 fully saturated rings. The third kappa shape index (κ3) is 3.54. The van der Waals surface area contributed by atoms with E-state index in [1.54, 1.807) is 7.11 Å². The van der Waals surface area contributed by atoms with E-state index < -0.39 is 0 Å². The van der Waals surface area contributed by atoms with Crippen LogP contribution in [0, 0.1) is 0 Å². The average molecular weight is 175 g/mol. The second-order valence-corrected chi connectivity index (χ2v) is 3.12. The summed E-state index contributed by atoms with van der Waals surface area (Å²) in [6.07, 6.45) is 3.70. The van der Waals surface area contributed by atoms with Gasteiger partial charge in [-0.25, -0.2) is 6.32 Å². The van der Waals surface area contributed by atoms with Crippen LogP contribution >= 0.6 is 0 Å². The first kappa shape index (κ1) is 10.2. The normalized spacial score (nSPS) is 10.0. The van der Waals surface area contributed by atoms with E-state index in [0.717, 1.165) is 5.75 Å². The average Bonchev–Trinajstić information content (AvgIpc) is 2.19. The van der Waals surface area contributed by atoms with Gasteiger partial charge in [-0.2, -0.15) is 0 Å². The third-order valence-corrected chi connectivity index (χ3v) is 2.05. The molecular formula is C11H16BO-. The van der Waals surface area contributed by atoms with Gasteiger partial charge in [0.15, 0.2) is 0 Å². The van der Waals surface area contributed by atoms with E-state index in [9.17, 15) is 0 Å². The molecule has 0 unspecified atom stereocenters. The molecule has 2 radical (unpaired) electrons. The zero-order chi connectivity index (χ0) is 9.52. The SMILES string of the molecule is CCCC[B-]c1ccc(OC)cc1. The van der Waals surface area contributed by atoms with Crippen molar-refractivity contribution in [1.29, 1.82) is 0 Å². The monoisotopic (exact) mass is 175 g/mol. The maximum Gasteiger partial charge on any atom is 0.118 e. The van der Waals surface area contributed by atoms with Crippen LogP contribution in [0.2, 0.25) is 6.32 Å². The van der Waals surface area contributed by atoms with Crippen LogP contribution in [0.5, 0.6) is 5.75 Å². The molecule has 0 aliphatic carbocycles. The number of benzene rings is 1. The molecule has 0 amide bonds. The number of ether oxygens (including phenoxy) is 1. The first-order chi connectivity index (χ1) is 6.36. The van der Waals surface area contributed by atoms with E-state index in [4.69, 9.17) is 4.74 Å².